The quantitative estimate of drug-likeness (QED) is 0.707. The van der Waals surface area contributed by atoms with Crippen molar-refractivity contribution < 1.29 is 13.5 Å². The third kappa shape index (κ3) is 5.84. The fraction of sp³-hybridized carbons (Fsp3) is 0.533. The molecule has 0 saturated carbocycles. The molecule has 1 aromatic rings. The van der Waals surface area contributed by atoms with Crippen molar-refractivity contribution in [1.29, 1.82) is 5.26 Å². The van der Waals surface area contributed by atoms with Crippen molar-refractivity contribution in [3.63, 3.8) is 0 Å². The van der Waals surface area contributed by atoms with Crippen LogP contribution in [0, 0.1) is 16.7 Å². The van der Waals surface area contributed by atoms with Crippen molar-refractivity contribution in [2.45, 2.75) is 25.2 Å². The monoisotopic (exact) mass is 310 g/mol. The lowest BCUT2D eigenvalue weighted by molar-refractivity contribution is 0.208. The second-order valence-electron chi connectivity index (χ2n) is 5.77. The molecule has 6 heteroatoms. The number of sulfone groups is 1. The Bertz CT molecular complexity index is 604. The van der Waals surface area contributed by atoms with Gasteiger partial charge in [-0.05, 0) is 30.0 Å². The maximum Gasteiger partial charge on any atom is 0.179 e. The molecule has 21 heavy (non-hydrogen) atoms. The van der Waals surface area contributed by atoms with Crippen LogP contribution in [0.1, 0.15) is 25.8 Å². The summed E-state index contributed by atoms with van der Waals surface area (Å²) in [7, 11) is -3.39. The van der Waals surface area contributed by atoms with Gasteiger partial charge in [-0.1, -0.05) is 19.9 Å². The molecule has 0 heterocycles. The average Bonchev–Trinajstić information content (AvgIpc) is 2.44. The van der Waals surface area contributed by atoms with Crippen molar-refractivity contribution in [3.8, 4) is 6.07 Å². The lowest BCUT2D eigenvalue weighted by atomic mass is 9.90. The highest BCUT2D eigenvalue weighted by Crippen LogP contribution is 2.18. The van der Waals surface area contributed by atoms with Crippen LogP contribution in [0.2, 0.25) is 0 Å². The van der Waals surface area contributed by atoms with Crippen LogP contribution in [-0.4, -0.2) is 39.0 Å². The molecule has 5 nitrogen and oxygen atoms in total. The number of aliphatic hydroxyl groups excluding tert-OH is 1. The molecule has 1 aromatic carbocycles. The molecular formula is C15H22N2O3S. The first-order valence-corrected chi connectivity index (χ1v) is 8.50. The maximum absolute atomic E-state index is 12.2. The number of hydrogen-bond acceptors (Lipinski definition) is 5. The highest BCUT2D eigenvalue weighted by atomic mass is 32.2. The molecule has 0 bridgehead atoms. The third-order valence-corrected chi connectivity index (χ3v) is 4.98. The van der Waals surface area contributed by atoms with E-state index in [-0.39, 0.29) is 22.7 Å². The zero-order valence-corrected chi connectivity index (χ0v) is 13.3. The molecule has 0 aliphatic heterocycles. The smallest absolute Gasteiger partial charge is 0.179 e. The van der Waals surface area contributed by atoms with Gasteiger partial charge >= 0.3 is 0 Å². The Kier molecular flexibility index (Phi) is 6.34. The first kappa shape index (κ1) is 17.6. The predicted octanol–water partition coefficient (Wildman–Crippen LogP) is 1.33. The molecule has 0 spiro atoms. The summed E-state index contributed by atoms with van der Waals surface area (Å²) < 4.78 is 24.3. The summed E-state index contributed by atoms with van der Waals surface area (Å²) >= 11 is 0. The van der Waals surface area contributed by atoms with Gasteiger partial charge in [0.05, 0.1) is 22.3 Å². The Balaban J connectivity index is 2.56. The van der Waals surface area contributed by atoms with E-state index in [1.165, 1.54) is 12.1 Å². The van der Waals surface area contributed by atoms with Gasteiger partial charge in [0.15, 0.2) is 9.84 Å². The normalized spacial score (nSPS) is 12.1. The zero-order valence-electron chi connectivity index (χ0n) is 12.5. The van der Waals surface area contributed by atoms with Gasteiger partial charge in [0, 0.05) is 19.7 Å². The minimum absolute atomic E-state index is 0.0168. The summed E-state index contributed by atoms with van der Waals surface area (Å²) in [5.41, 5.74) is 0.271. The van der Waals surface area contributed by atoms with Gasteiger partial charge in [-0.25, -0.2) is 8.42 Å². The largest absolute Gasteiger partial charge is 0.396 e. The summed E-state index contributed by atoms with van der Waals surface area (Å²) in [6, 6.07) is 7.99. The second kappa shape index (κ2) is 7.55. The minimum atomic E-state index is -3.39. The van der Waals surface area contributed by atoms with E-state index >= 15 is 0 Å². The molecule has 0 amide bonds. The topological polar surface area (TPSA) is 90.2 Å². The Labute approximate surface area is 126 Å². The first-order valence-electron chi connectivity index (χ1n) is 6.85. The third-order valence-electron chi connectivity index (χ3n) is 3.26. The highest BCUT2D eigenvalue weighted by Gasteiger charge is 2.18. The number of aliphatic hydroxyl groups is 1. The molecule has 2 N–H and O–H groups in total. The van der Waals surface area contributed by atoms with Crippen LogP contribution in [0.5, 0.6) is 0 Å². The standard InChI is InChI=1S/C15H22N2O3S/c1-15(2,6-8-18)12-17-7-9-21(19,20)14-5-3-4-13(10-14)11-16/h3-5,10,17-18H,6-9,12H2,1-2H3. The van der Waals surface area contributed by atoms with Crippen molar-refractivity contribution in [1.82, 2.24) is 5.32 Å². The van der Waals surface area contributed by atoms with Gasteiger partial charge < -0.3 is 10.4 Å². The van der Waals surface area contributed by atoms with Crippen molar-refractivity contribution >= 4 is 9.84 Å². The number of rotatable bonds is 8. The number of benzene rings is 1. The van der Waals surface area contributed by atoms with Crippen LogP contribution in [0.3, 0.4) is 0 Å². The molecule has 0 aliphatic carbocycles. The van der Waals surface area contributed by atoms with E-state index in [2.05, 4.69) is 5.32 Å². The molecule has 0 atom stereocenters. The molecule has 1 rings (SSSR count). The summed E-state index contributed by atoms with van der Waals surface area (Å²) in [6.45, 7) is 5.13. The molecule has 0 fully saturated rings. The first-order chi connectivity index (χ1) is 9.80. The van der Waals surface area contributed by atoms with Crippen molar-refractivity contribution in [2.75, 3.05) is 25.4 Å². The SMILES string of the molecule is CC(C)(CCO)CNCCS(=O)(=O)c1cccc(C#N)c1. The Hall–Kier alpha value is -1.42. The van der Waals surface area contributed by atoms with Crippen LogP contribution in [0.15, 0.2) is 29.2 Å². The Morgan fingerprint density at radius 3 is 2.71 bits per heavy atom. The number of nitrogens with zero attached hydrogens (tertiary/aromatic N) is 1. The van der Waals surface area contributed by atoms with Gasteiger partial charge in [0.1, 0.15) is 0 Å². The van der Waals surface area contributed by atoms with E-state index in [0.717, 1.165) is 0 Å². The van der Waals surface area contributed by atoms with E-state index in [0.29, 0.717) is 25.1 Å². The van der Waals surface area contributed by atoms with Crippen LogP contribution in [-0.2, 0) is 9.84 Å². The summed E-state index contributed by atoms with van der Waals surface area (Å²) in [6.07, 6.45) is 0.664. The number of hydrogen-bond donors (Lipinski definition) is 2. The van der Waals surface area contributed by atoms with Crippen LogP contribution < -0.4 is 5.32 Å². The molecular weight excluding hydrogens is 288 g/mol. The van der Waals surface area contributed by atoms with Gasteiger partial charge in [-0.3, -0.25) is 0 Å². The molecule has 0 aliphatic rings. The van der Waals surface area contributed by atoms with Crippen molar-refractivity contribution in [2.24, 2.45) is 5.41 Å². The number of nitrogens with one attached hydrogen (secondary N) is 1. The van der Waals surface area contributed by atoms with Crippen LogP contribution in [0.25, 0.3) is 0 Å². The predicted molar refractivity (Wildman–Crippen MR) is 81.6 cm³/mol. The second-order valence-corrected chi connectivity index (χ2v) is 7.88. The molecule has 116 valence electrons. The van der Waals surface area contributed by atoms with Crippen LogP contribution in [0.4, 0.5) is 0 Å². The molecule has 0 saturated heterocycles. The summed E-state index contributed by atoms with van der Waals surface area (Å²) in [5.74, 6) is -0.0168. The highest BCUT2D eigenvalue weighted by molar-refractivity contribution is 7.91. The zero-order chi connectivity index (χ0) is 15.9. The van der Waals surface area contributed by atoms with Gasteiger partial charge in [0.25, 0.3) is 0 Å². The molecule has 0 aromatic heterocycles. The van der Waals surface area contributed by atoms with Gasteiger partial charge in [-0.2, -0.15) is 5.26 Å². The lowest BCUT2D eigenvalue weighted by Gasteiger charge is -2.23. The molecule has 0 unspecified atom stereocenters. The van der Waals surface area contributed by atoms with E-state index in [9.17, 15) is 8.42 Å². The van der Waals surface area contributed by atoms with Gasteiger partial charge in [-0.15, -0.1) is 0 Å². The van der Waals surface area contributed by atoms with E-state index in [1.807, 2.05) is 19.9 Å². The van der Waals surface area contributed by atoms with E-state index < -0.39 is 9.84 Å². The fourth-order valence-electron chi connectivity index (χ4n) is 1.90. The molecule has 0 radical (unpaired) electrons. The van der Waals surface area contributed by atoms with Gasteiger partial charge in [0.2, 0.25) is 0 Å². The van der Waals surface area contributed by atoms with Crippen LogP contribution >= 0.6 is 0 Å². The Morgan fingerprint density at radius 2 is 2.10 bits per heavy atom. The summed E-state index contributed by atoms with van der Waals surface area (Å²) in [5, 5.41) is 20.8. The average molecular weight is 310 g/mol. The minimum Gasteiger partial charge on any atom is -0.396 e. The van der Waals surface area contributed by atoms with Crippen molar-refractivity contribution in [3.05, 3.63) is 29.8 Å². The maximum atomic E-state index is 12.2. The summed E-state index contributed by atoms with van der Waals surface area (Å²) in [4.78, 5) is 0.179. The lowest BCUT2D eigenvalue weighted by Crippen LogP contribution is -2.33. The van der Waals surface area contributed by atoms with E-state index in [4.69, 9.17) is 10.4 Å². The van der Waals surface area contributed by atoms with E-state index in [1.54, 1.807) is 12.1 Å². The fourth-order valence-corrected chi connectivity index (χ4v) is 3.14. The Morgan fingerprint density at radius 1 is 1.38 bits per heavy atom. The number of nitriles is 1.